The topological polar surface area (TPSA) is 55.7 Å². The third-order valence-electron chi connectivity index (χ3n) is 3.41. The van der Waals surface area contributed by atoms with Crippen molar-refractivity contribution in [2.75, 3.05) is 19.6 Å². The highest BCUT2D eigenvalue weighted by Crippen LogP contribution is 2.34. The molecule has 3 aromatic rings. The highest BCUT2D eigenvalue weighted by atomic mass is 32.1. The second-order valence-corrected chi connectivity index (χ2v) is 5.89. The molecule has 0 fully saturated rings. The van der Waals surface area contributed by atoms with Gasteiger partial charge in [-0.05, 0) is 29.8 Å². The van der Waals surface area contributed by atoms with Crippen molar-refractivity contribution < 1.29 is 13.9 Å². The lowest BCUT2D eigenvalue weighted by Gasteiger charge is -2.08. The van der Waals surface area contributed by atoms with Crippen LogP contribution in [0, 0.1) is 5.82 Å². The van der Waals surface area contributed by atoms with Crippen LogP contribution < -0.4 is 14.9 Å². The summed E-state index contributed by atoms with van der Waals surface area (Å²) in [5, 5.41) is 6.62. The Morgan fingerprint density at radius 1 is 1.16 bits per heavy atom. The summed E-state index contributed by atoms with van der Waals surface area (Å²) in [6.07, 6.45) is 1.54. The molecule has 7 heteroatoms. The number of halogens is 1. The van der Waals surface area contributed by atoms with Crippen molar-refractivity contribution in [3.63, 3.8) is 0 Å². The number of benzene rings is 2. The molecule has 0 unspecified atom stereocenters. The van der Waals surface area contributed by atoms with Crippen molar-refractivity contribution in [1.29, 1.82) is 0 Å². The van der Waals surface area contributed by atoms with Gasteiger partial charge in [0.15, 0.2) is 0 Å². The minimum absolute atomic E-state index is 0.299. The molecule has 0 amide bonds. The summed E-state index contributed by atoms with van der Waals surface area (Å²) >= 11 is 1.41. The van der Waals surface area contributed by atoms with Crippen LogP contribution in [0.4, 0.5) is 9.52 Å². The molecule has 0 radical (unpaired) electrons. The van der Waals surface area contributed by atoms with Gasteiger partial charge in [-0.15, -0.1) is 11.3 Å². The minimum atomic E-state index is -0.299. The van der Waals surface area contributed by atoms with Crippen LogP contribution in [0.2, 0.25) is 0 Å². The van der Waals surface area contributed by atoms with Crippen molar-refractivity contribution in [2.45, 2.75) is 0 Å². The number of rotatable bonds is 6. The number of anilines is 1. The Morgan fingerprint density at radius 3 is 2.80 bits per heavy atom. The largest absolute Gasteiger partial charge is 0.497 e. The summed E-state index contributed by atoms with van der Waals surface area (Å²) in [6, 6.07) is 11.8. The third-order valence-corrected chi connectivity index (χ3v) is 4.16. The average molecular weight is 357 g/mol. The maximum Gasteiger partial charge on any atom is 0.203 e. The Labute approximate surface area is 148 Å². The number of hydrazone groups is 1. The van der Waals surface area contributed by atoms with Crippen LogP contribution in [-0.2, 0) is 0 Å². The van der Waals surface area contributed by atoms with Crippen LogP contribution >= 0.6 is 11.3 Å². The molecule has 0 aliphatic rings. The van der Waals surface area contributed by atoms with Gasteiger partial charge in [0, 0.05) is 17.0 Å². The molecule has 0 saturated carbocycles. The molecule has 128 valence electrons. The van der Waals surface area contributed by atoms with Gasteiger partial charge in [0.2, 0.25) is 5.13 Å². The second-order valence-electron chi connectivity index (χ2n) is 5.03. The molecule has 0 atom stereocenters. The van der Waals surface area contributed by atoms with Gasteiger partial charge in [-0.1, -0.05) is 12.1 Å². The van der Waals surface area contributed by atoms with E-state index in [4.69, 9.17) is 9.47 Å². The quantitative estimate of drug-likeness (QED) is 0.524. The summed E-state index contributed by atoms with van der Waals surface area (Å²) in [5.41, 5.74) is 5.15. The Bertz CT molecular complexity index is 896. The highest BCUT2D eigenvalue weighted by molar-refractivity contribution is 7.14. The van der Waals surface area contributed by atoms with Crippen molar-refractivity contribution in [3.8, 4) is 22.8 Å². The summed E-state index contributed by atoms with van der Waals surface area (Å²) in [6.45, 7) is 0. The first kappa shape index (κ1) is 16.9. The van der Waals surface area contributed by atoms with E-state index >= 15 is 0 Å². The van der Waals surface area contributed by atoms with Gasteiger partial charge in [-0.25, -0.2) is 9.37 Å². The monoisotopic (exact) mass is 357 g/mol. The lowest BCUT2D eigenvalue weighted by molar-refractivity contribution is 0.395. The van der Waals surface area contributed by atoms with E-state index < -0.39 is 0 Å². The predicted octanol–water partition coefficient (Wildman–Crippen LogP) is 4.41. The SMILES string of the molecule is COc1ccc(-c2csc(N/N=C\c3cccc(F)c3)n2)c(OC)c1. The average Bonchev–Trinajstić information content (AvgIpc) is 3.10. The van der Waals surface area contributed by atoms with Gasteiger partial charge in [0.25, 0.3) is 0 Å². The maximum atomic E-state index is 13.1. The summed E-state index contributed by atoms with van der Waals surface area (Å²) < 4.78 is 23.7. The van der Waals surface area contributed by atoms with Gasteiger partial charge in [0.05, 0.1) is 26.1 Å². The number of nitrogens with one attached hydrogen (secondary N) is 1. The van der Waals surface area contributed by atoms with Gasteiger partial charge in [-0.3, -0.25) is 5.43 Å². The fraction of sp³-hybridized carbons (Fsp3) is 0.111. The standard InChI is InChI=1S/C18H16FN3O2S/c1-23-14-6-7-15(17(9-14)24-2)16-11-25-18(21-16)22-20-10-12-4-3-5-13(19)8-12/h3-11H,1-2H3,(H,21,22)/b20-10-. The first-order valence-electron chi connectivity index (χ1n) is 7.42. The molecule has 5 nitrogen and oxygen atoms in total. The molecule has 2 aromatic carbocycles. The highest BCUT2D eigenvalue weighted by Gasteiger charge is 2.11. The van der Waals surface area contributed by atoms with E-state index in [9.17, 15) is 4.39 Å². The molecule has 0 aliphatic heterocycles. The van der Waals surface area contributed by atoms with Crippen molar-refractivity contribution >= 4 is 22.7 Å². The maximum absolute atomic E-state index is 13.1. The van der Waals surface area contributed by atoms with E-state index in [1.807, 2.05) is 23.6 Å². The van der Waals surface area contributed by atoms with Gasteiger partial charge in [0.1, 0.15) is 17.3 Å². The number of hydrogen-bond acceptors (Lipinski definition) is 6. The molecule has 3 rings (SSSR count). The zero-order valence-corrected chi connectivity index (χ0v) is 14.5. The Kier molecular flexibility index (Phi) is 5.25. The molecule has 1 aromatic heterocycles. The third kappa shape index (κ3) is 4.13. The molecule has 25 heavy (non-hydrogen) atoms. The number of thiazole rings is 1. The molecule has 1 heterocycles. The van der Waals surface area contributed by atoms with Crippen LogP contribution in [0.15, 0.2) is 52.9 Å². The number of aromatic nitrogens is 1. The molecule has 0 aliphatic carbocycles. The van der Waals surface area contributed by atoms with Crippen LogP contribution in [0.1, 0.15) is 5.56 Å². The summed E-state index contributed by atoms with van der Waals surface area (Å²) in [4.78, 5) is 4.49. The van der Waals surface area contributed by atoms with E-state index in [-0.39, 0.29) is 5.82 Å². The molecule has 0 saturated heterocycles. The Morgan fingerprint density at radius 2 is 2.04 bits per heavy atom. The first-order valence-corrected chi connectivity index (χ1v) is 8.30. The zero-order chi connectivity index (χ0) is 17.6. The van der Waals surface area contributed by atoms with Crippen molar-refractivity contribution in [2.24, 2.45) is 5.10 Å². The van der Waals surface area contributed by atoms with Crippen LogP contribution in [0.25, 0.3) is 11.3 Å². The second kappa shape index (κ2) is 7.76. The zero-order valence-electron chi connectivity index (χ0n) is 13.7. The summed E-state index contributed by atoms with van der Waals surface area (Å²) in [7, 11) is 3.21. The lowest BCUT2D eigenvalue weighted by atomic mass is 10.1. The first-order chi connectivity index (χ1) is 12.2. The normalized spacial score (nSPS) is 10.8. The molecular weight excluding hydrogens is 341 g/mol. The van der Waals surface area contributed by atoms with Crippen molar-refractivity contribution in [1.82, 2.24) is 4.98 Å². The number of methoxy groups -OCH3 is 2. The smallest absolute Gasteiger partial charge is 0.203 e. The van der Waals surface area contributed by atoms with Crippen LogP contribution in [-0.4, -0.2) is 25.4 Å². The van der Waals surface area contributed by atoms with Crippen molar-refractivity contribution in [3.05, 3.63) is 59.2 Å². The predicted molar refractivity (Wildman–Crippen MR) is 98.3 cm³/mol. The van der Waals surface area contributed by atoms with Crippen LogP contribution in [0.5, 0.6) is 11.5 Å². The van der Waals surface area contributed by atoms with E-state index in [0.29, 0.717) is 22.2 Å². The Balaban J connectivity index is 1.74. The Hall–Kier alpha value is -2.93. The van der Waals surface area contributed by atoms with Crippen LogP contribution in [0.3, 0.4) is 0 Å². The summed E-state index contributed by atoms with van der Waals surface area (Å²) in [5.74, 6) is 1.10. The molecular formula is C18H16FN3O2S. The minimum Gasteiger partial charge on any atom is -0.497 e. The molecule has 0 spiro atoms. The van der Waals surface area contributed by atoms with Gasteiger partial charge < -0.3 is 9.47 Å². The number of nitrogens with zero attached hydrogens (tertiary/aromatic N) is 2. The van der Waals surface area contributed by atoms with E-state index in [1.165, 1.54) is 29.7 Å². The van der Waals surface area contributed by atoms with E-state index in [1.54, 1.807) is 26.4 Å². The van der Waals surface area contributed by atoms with Gasteiger partial charge >= 0.3 is 0 Å². The number of ether oxygens (including phenoxy) is 2. The molecule has 1 N–H and O–H groups in total. The molecule has 0 bridgehead atoms. The van der Waals surface area contributed by atoms with E-state index in [0.717, 1.165) is 11.3 Å². The lowest BCUT2D eigenvalue weighted by Crippen LogP contribution is -1.92. The fourth-order valence-corrected chi connectivity index (χ4v) is 2.87. The number of hydrogen-bond donors (Lipinski definition) is 1. The van der Waals surface area contributed by atoms with Gasteiger partial charge in [-0.2, -0.15) is 5.10 Å². The van der Waals surface area contributed by atoms with E-state index in [2.05, 4.69) is 15.5 Å². The fourth-order valence-electron chi connectivity index (χ4n) is 2.21.